The maximum atomic E-state index is 13.9. The molecule has 0 saturated heterocycles. The number of unbranched alkanes of at least 4 members (excludes halogenated alkanes) is 1. The van der Waals surface area contributed by atoms with E-state index in [4.69, 9.17) is 23.1 Å². The monoisotopic (exact) mass is 495 g/mol. The Morgan fingerprint density at radius 2 is 2.03 bits per heavy atom. The number of primary amides is 1. The molecule has 1 atom stereocenters. The highest BCUT2D eigenvalue weighted by molar-refractivity contribution is 7.09. The molecule has 0 spiro atoms. The highest BCUT2D eigenvalue weighted by Gasteiger charge is 2.35. The van der Waals surface area contributed by atoms with Crippen LogP contribution in [0.25, 0.3) is 0 Å². The molecule has 33 heavy (non-hydrogen) atoms. The minimum absolute atomic E-state index is 0.0283. The fourth-order valence-electron chi connectivity index (χ4n) is 3.95. The van der Waals surface area contributed by atoms with E-state index in [1.54, 1.807) is 0 Å². The quantitative estimate of drug-likeness (QED) is 0.485. The number of hydrogen-bond donors (Lipinski definition) is 3. The van der Waals surface area contributed by atoms with Crippen molar-refractivity contribution in [1.29, 1.82) is 0 Å². The molecule has 3 amide bonds. The lowest BCUT2D eigenvalue weighted by Gasteiger charge is -2.32. The van der Waals surface area contributed by atoms with Crippen LogP contribution in [0.2, 0.25) is 5.02 Å². The van der Waals surface area contributed by atoms with E-state index >= 15 is 0 Å². The van der Waals surface area contributed by atoms with Gasteiger partial charge in [-0.3, -0.25) is 19.3 Å². The molecule has 1 saturated carbocycles. The molecule has 11 heteroatoms. The van der Waals surface area contributed by atoms with Gasteiger partial charge in [-0.15, -0.1) is 0 Å². The van der Waals surface area contributed by atoms with E-state index in [0.29, 0.717) is 12.8 Å². The average molecular weight is 496 g/mol. The first-order chi connectivity index (χ1) is 15.7. The molecule has 0 unspecified atom stereocenters. The lowest BCUT2D eigenvalue weighted by atomic mass is 10.0. The van der Waals surface area contributed by atoms with Gasteiger partial charge in [-0.05, 0) is 49.0 Å². The van der Waals surface area contributed by atoms with Crippen molar-refractivity contribution in [3.8, 4) is 0 Å². The Balaban J connectivity index is 2.06. The molecule has 0 radical (unpaired) electrons. The first-order valence-corrected chi connectivity index (χ1v) is 12.0. The molecule has 0 bridgehead atoms. The zero-order valence-corrected chi connectivity index (χ0v) is 19.8. The van der Waals surface area contributed by atoms with Crippen LogP contribution in [0, 0.1) is 5.82 Å². The summed E-state index contributed by atoms with van der Waals surface area (Å²) in [7, 11) is 0. The van der Waals surface area contributed by atoms with Crippen molar-refractivity contribution in [3.05, 3.63) is 39.6 Å². The van der Waals surface area contributed by atoms with Crippen LogP contribution in [0.5, 0.6) is 0 Å². The second-order valence-corrected chi connectivity index (χ2v) is 9.24. The van der Waals surface area contributed by atoms with E-state index in [1.807, 2.05) is 6.92 Å². The fourth-order valence-corrected chi connectivity index (χ4v) is 4.87. The lowest BCUT2D eigenvalue weighted by Crippen LogP contribution is -2.52. The maximum Gasteiger partial charge on any atom is 0.272 e. The van der Waals surface area contributed by atoms with Crippen molar-refractivity contribution in [2.45, 2.75) is 64.0 Å². The van der Waals surface area contributed by atoms with Gasteiger partial charge in [0.05, 0.1) is 10.7 Å². The summed E-state index contributed by atoms with van der Waals surface area (Å²) >= 11 is 6.73. The van der Waals surface area contributed by atoms with Crippen LogP contribution in [0.15, 0.2) is 18.2 Å². The smallest absolute Gasteiger partial charge is 0.272 e. The van der Waals surface area contributed by atoms with Crippen LogP contribution in [-0.2, 0) is 4.79 Å². The Labute approximate surface area is 200 Å². The van der Waals surface area contributed by atoms with Gasteiger partial charge in [0, 0.05) is 11.7 Å². The summed E-state index contributed by atoms with van der Waals surface area (Å²) in [4.78, 5) is 39.9. The van der Waals surface area contributed by atoms with E-state index in [9.17, 15) is 18.8 Å². The predicted molar refractivity (Wildman–Crippen MR) is 127 cm³/mol. The molecule has 2 aromatic rings. The zero-order valence-electron chi connectivity index (χ0n) is 18.3. The third-order valence-corrected chi connectivity index (χ3v) is 6.84. The van der Waals surface area contributed by atoms with Gasteiger partial charge in [0.25, 0.3) is 11.8 Å². The number of rotatable bonds is 9. The number of anilines is 2. The van der Waals surface area contributed by atoms with E-state index in [-0.39, 0.29) is 38.9 Å². The highest BCUT2D eigenvalue weighted by atomic mass is 35.5. The topological polar surface area (TPSA) is 131 Å². The average Bonchev–Trinajstić information content (AvgIpc) is 3.42. The van der Waals surface area contributed by atoms with Gasteiger partial charge >= 0.3 is 0 Å². The number of nitrogens with two attached hydrogens (primary N) is 2. The molecular weight excluding hydrogens is 469 g/mol. The van der Waals surface area contributed by atoms with Crippen LogP contribution in [0.1, 0.15) is 72.0 Å². The summed E-state index contributed by atoms with van der Waals surface area (Å²) in [6, 6.07) is 2.97. The molecule has 1 aliphatic carbocycles. The van der Waals surface area contributed by atoms with E-state index < -0.39 is 23.7 Å². The largest absolute Gasteiger partial charge is 0.395 e. The summed E-state index contributed by atoms with van der Waals surface area (Å²) in [5, 5.41) is 2.86. The molecule has 1 aromatic carbocycles. The second-order valence-electron chi connectivity index (χ2n) is 8.06. The summed E-state index contributed by atoms with van der Waals surface area (Å²) in [5.74, 6) is -2.45. The lowest BCUT2D eigenvalue weighted by molar-refractivity contribution is -0.123. The number of carbonyl (C=O) groups is 3. The van der Waals surface area contributed by atoms with Crippen LogP contribution in [-0.4, -0.2) is 34.2 Å². The van der Waals surface area contributed by atoms with Gasteiger partial charge < -0.3 is 16.8 Å². The number of nitrogens with zero attached hydrogens (tertiary/aromatic N) is 2. The molecule has 178 valence electrons. The van der Waals surface area contributed by atoms with Gasteiger partial charge in [0.1, 0.15) is 16.7 Å². The second kappa shape index (κ2) is 10.9. The molecule has 1 aromatic heterocycles. The first-order valence-electron chi connectivity index (χ1n) is 10.9. The third-order valence-electron chi connectivity index (χ3n) is 5.70. The zero-order chi connectivity index (χ0) is 24.1. The summed E-state index contributed by atoms with van der Waals surface area (Å²) in [5.41, 5.74) is 11.2. The van der Waals surface area contributed by atoms with Crippen molar-refractivity contribution >= 4 is 52.2 Å². The molecule has 1 aliphatic rings. The van der Waals surface area contributed by atoms with Crippen molar-refractivity contribution in [1.82, 2.24) is 9.69 Å². The van der Waals surface area contributed by atoms with E-state index in [2.05, 4.69) is 9.69 Å². The Bertz CT molecular complexity index is 1040. The molecule has 5 N–H and O–H groups in total. The first kappa shape index (κ1) is 24.9. The van der Waals surface area contributed by atoms with Crippen LogP contribution < -0.4 is 21.7 Å². The minimum Gasteiger partial charge on any atom is -0.395 e. The number of carbonyl (C=O) groups excluding carboxylic acids is 3. The third kappa shape index (κ3) is 5.62. The van der Waals surface area contributed by atoms with Gasteiger partial charge in [0.15, 0.2) is 5.69 Å². The van der Waals surface area contributed by atoms with Gasteiger partial charge in [-0.25, -0.2) is 4.39 Å². The number of aromatic nitrogens is 1. The maximum absolute atomic E-state index is 13.9. The van der Waals surface area contributed by atoms with Crippen LogP contribution in [0.4, 0.5) is 15.8 Å². The van der Waals surface area contributed by atoms with Gasteiger partial charge in [-0.2, -0.15) is 4.37 Å². The summed E-state index contributed by atoms with van der Waals surface area (Å²) < 4.78 is 17.8. The number of nitrogen functional groups attached to an aromatic ring is 1. The van der Waals surface area contributed by atoms with E-state index in [0.717, 1.165) is 49.7 Å². The molecule has 8 nitrogen and oxygen atoms in total. The van der Waals surface area contributed by atoms with Crippen LogP contribution in [0.3, 0.4) is 0 Å². The normalized spacial score (nSPS) is 14.8. The highest BCUT2D eigenvalue weighted by Crippen LogP contribution is 2.31. The fraction of sp³-hybridized carbons (Fsp3) is 0.455. The summed E-state index contributed by atoms with van der Waals surface area (Å²) in [6.45, 7) is 1.98. The predicted octanol–water partition coefficient (Wildman–Crippen LogP) is 3.88. The molecule has 0 aliphatic heterocycles. The Morgan fingerprint density at radius 3 is 2.61 bits per heavy atom. The number of amides is 3. The van der Waals surface area contributed by atoms with Crippen molar-refractivity contribution in [2.24, 2.45) is 5.73 Å². The van der Waals surface area contributed by atoms with Crippen molar-refractivity contribution in [3.63, 3.8) is 0 Å². The Morgan fingerprint density at radius 1 is 1.33 bits per heavy atom. The van der Waals surface area contributed by atoms with Crippen LogP contribution >= 0.6 is 23.1 Å². The van der Waals surface area contributed by atoms with Gasteiger partial charge in [-0.1, -0.05) is 44.2 Å². The minimum atomic E-state index is -0.891. The number of nitrogens with one attached hydrogen (secondary N) is 1. The number of benzene rings is 1. The molecule has 1 heterocycles. The van der Waals surface area contributed by atoms with Gasteiger partial charge in [0.2, 0.25) is 5.91 Å². The van der Waals surface area contributed by atoms with E-state index in [1.165, 1.54) is 17.0 Å². The Kier molecular flexibility index (Phi) is 8.25. The van der Waals surface area contributed by atoms with Crippen molar-refractivity contribution in [2.75, 3.05) is 10.6 Å². The number of halogens is 2. The number of hydrogen-bond acceptors (Lipinski definition) is 6. The molecule has 3 rings (SSSR count). The molecular formula is C22H27ClFN5O3S. The molecule has 1 fully saturated rings. The standard InChI is InChI=1S/C22H27ClFN5O3S/c1-2-3-8-16(21(31)27-12-6-4-5-7-12)29(13-9-10-15(24)14(23)11-13)22(32)19-17(25)18(20(26)30)28-33-19/h9-12,16H,2-8,25H2,1H3,(H2,26,30)(H,27,31)/t16-/m0/s1. The van der Waals surface area contributed by atoms with Crippen molar-refractivity contribution < 1.29 is 18.8 Å². The SMILES string of the molecule is CCCC[C@@H](C(=O)NC1CCCC1)N(C(=O)c1snc(C(N)=O)c1N)c1ccc(F)c(Cl)c1. The summed E-state index contributed by atoms with van der Waals surface area (Å²) in [6.07, 6.45) is 5.68. The Hall–Kier alpha value is -2.72.